The van der Waals surface area contributed by atoms with E-state index in [4.69, 9.17) is 4.74 Å². The van der Waals surface area contributed by atoms with E-state index in [0.29, 0.717) is 6.61 Å². The van der Waals surface area contributed by atoms with Crippen LogP contribution in [0.2, 0.25) is 0 Å². The molecular formula is C19H38N2O2. The lowest BCUT2D eigenvalue weighted by molar-refractivity contribution is 0.142. The molecular weight excluding hydrogens is 288 g/mol. The third kappa shape index (κ3) is 12.3. The van der Waals surface area contributed by atoms with Crippen LogP contribution in [-0.4, -0.2) is 43.8 Å². The predicted octanol–water partition coefficient (Wildman–Crippen LogP) is 4.73. The van der Waals surface area contributed by atoms with Crippen LogP contribution >= 0.6 is 0 Å². The number of alkyl carbamates (subject to hydrolysis) is 1. The van der Waals surface area contributed by atoms with E-state index in [1.807, 2.05) is 0 Å². The predicted molar refractivity (Wildman–Crippen MR) is 96.9 cm³/mol. The SMILES string of the molecule is CCCCCCCCNC(=O)OCCCCCN1CCCCC1. The van der Waals surface area contributed by atoms with Gasteiger partial charge in [0.2, 0.25) is 0 Å². The van der Waals surface area contributed by atoms with Gasteiger partial charge in [-0.2, -0.15) is 0 Å². The number of amides is 1. The standard InChI is InChI=1S/C19H38N2O2/c1-2-3-4-5-6-9-14-20-19(22)23-18-13-8-12-17-21-15-10-7-11-16-21/h2-18H2,1H3,(H,20,22). The molecule has 0 radical (unpaired) electrons. The molecule has 1 N–H and O–H groups in total. The maximum absolute atomic E-state index is 11.5. The molecule has 0 aromatic heterocycles. The summed E-state index contributed by atoms with van der Waals surface area (Å²) in [6, 6.07) is 0. The van der Waals surface area contributed by atoms with Gasteiger partial charge < -0.3 is 15.0 Å². The Kier molecular flexibility index (Phi) is 13.0. The molecule has 1 aliphatic rings. The van der Waals surface area contributed by atoms with Crippen LogP contribution in [0.1, 0.15) is 84.0 Å². The van der Waals surface area contributed by atoms with Crippen LogP contribution in [0.5, 0.6) is 0 Å². The monoisotopic (exact) mass is 326 g/mol. The average molecular weight is 327 g/mol. The van der Waals surface area contributed by atoms with Crippen molar-refractivity contribution in [1.29, 1.82) is 0 Å². The van der Waals surface area contributed by atoms with Gasteiger partial charge in [-0.1, -0.05) is 45.4 Å². The molecule has 1 aliphatic heterocycles. The van der Waals surface area contributed by atoms with E-state index in [9.17, 15) is 4.79 Å². The lowest BCUT2D eigenvalue weighted by Crippen LogP contribution is -2.30. The minimum Gasteiger partial charge on any atom is -0.450 e. The Hall–Kier alpha value is -0.770. The van der Waals surface area contributed by atoms with Crippen molar-refractivity contribution in [3.8, 4) is 0 Å². The second kappa shape index (κ2) is 14.8. The Bertz CT molecular complexity index is 279. The molecule has 136 valence electrons. The first-order valence-corrected chi connectivity index (χ1v) is 9.96. The van der Waals surface area contributed by atoms with Crippen molar-refractivity contribution in [3.63, 3.8) is 0 Å². The van der Waals surface area contributed by atoms with Gasteiger partial charge in [0.15, 0.2) is 0 Å². The number of piperidine rings is 1. The molecule has 0 aliphatic carbocycles. The number of nitrogens with zero attached hydrogens (tertiary/aromatic N) is 1. The van der Waals surface area contributed by atoms with E-state index in [1.165, 1.54) is 77.4 Å². The largest absolute Gasteiger partial charge is 0.450 e. The molecule has 0 bridgehead atoms. The Morgan fingerprint density at radius 2 is 1.61 bits per heavy atom. The van der Waals surface area contributed by atoms with Crippen LogP contribution in [-0.2, 0) is 4.74 Å². The summed E-state index contributed by atoms with van der Waals surface area (Å²) >= 11 is 0. The summed E-state index contributed by atoms with van der Waals surface area (Å²) in [4.78, 5) is 14.1. The zero-order valence-electron chi connectivity index (χ0n) is 15.3. The van der Waals surface area contributed by atoms with Gasteiger partial charge in [-0.3, -0.25) is 0 Å². The first kappa shape index (κ1) is 20.3. The number of carbonyl (C=O) groups excluding carboxylic acids is 1. The number of hydrogen-bond acceptors (Lipinski definition) is 3. The Morgan fingerprint density at radius 1 is 0.913 bits per heavy atom. The molecule has 1 saturated heterocycles. The Morgan fingerprint density at radius 3 is 2.39 bits per heavy atom. The topological polar surface area (TPSA) is 41.6 Å². The highest BCUT2D eigenvalue weighted by molar-refractivity contribution is 5.66. The van der Waals surface area contributed by atoms with E-state index in [-0.39, 0.29) is 6.09 Å². The number of unbranched alkanes of at least 4 members (excludes halogenated alkanes) is 7. The van der Waals surface area contributed by atoms with Crippen LogP contribution in [0.3, 0.4) is 0 Å². The maximum Gasteiger partial charge on any atom is 0.407 e. The summed E-state index contributed by atoms with van der Waals surface area (Å²) in [6.07, 6.45) is 14.7. The number of hydrogen-bond donors (Lipinski definition) is 1. The van der Waals surface area contributed by atoms with Gasteiger partial charge in [0.25, 0.3) is 0 Å². The number of carbonyl (C=O) groups is 1. The first-order chi connectivity index (χ1) is 11.3. The number of likely N-dealkylation sites (tertiary alicyclic amines) is 1. The van der Waals surface area contributed by atoms with E-state index in [0.717, 1.165) is 25.8 Å². The molecule has 0 spiro atoms. The second-order valence-electron chi connectivity index (χ2n) is 6.79. The van der Waals surface area contributed by atoms with E-state index >= 15 is 0 Å². The lowest BCUT2D eigenvalue weighted by atomic mass is 10.1. The highest BCUT2D eigenvalue weighted by atomic mass is 16.5. The minimum atomic E-state index is -0.241. The summed E-state index contributed by atoms with van der Waals surface area (Å²) in [5.41, 5.74) is 0. The van der Waals surface area contributed by atoms with Crippen molar-refractivity contribution >= 4 is 6.09 Å². The molecule has 4 heteroatoms. The van der Waals surface area contributed by atoms with E-state index in [2.05, 4.69) is 17.1 Å². The summed E-state index contributed by atoms with van der Waals surface area (Å²) in [7, 11) is 0. The molecule has 0 aromatic rings. The quantitative estimate of drug-likeness (QED) is 0.498. The van der Waals surface area contributed by atoms with Crippen LogP contribution < -0.4 is 5.32 Å². The number of ether oxygens (including phenoxy) is 1. The zero-order valence-corrected chi connectivity index (χ0v) is 15.3. The van der Waals surface area contributed by atoms with Crippen molar-refractivity contribution in [3.05, 3.63) is 0 Å². The Labute approximate surface area is 143 Å². The van der Waals surface area contributed by atoms with Crippen molar-refractivity contribution in [2.24, 2.45) is 0 Å². The molecule has 1 heterocycles. The van der Waals surface area contributed by atoms with Gasteiger partial charge in [-0.15, -0.1) is 0 Å². The fraction of sp³-hybridized carbons (Fsp3) is 0.947. The Balaban J connectivity index is 1.79. The molecule has 1 amide bonds. The molecule has 1 fully saturated rings. The van der Waals surface area contributed by atoms with Crippen LogP contribution in [0.25, 0.3) is 0 Å². The molecule has 1 rings (SSSR count). The summed E-state index contributed by atoms with van der Waals surface area (Å²) in [5, 5.41) is 2.85. The van der Waals surface area contributed by atoms with Gasteiger partial charge in [0, 0.05) is 6.54 Å². The van der Waals surface area contributed by atoms with Crippen molar-refractivity contribution in [2.75, 3.05) is 32.8 Å². The molecule has 0 atom stereocenters. The van der Waals surface area contributed by atoms with Gasteiger partial charge >= 0.3 is 6.09 Å². The highest BCUT2D eigenvalue weighted by Crippen LogP contribution is 2.10. The maximum atomic E-state index is 11.5. The molecule has 4 nitrogen and oxygen atoms in total. The fourth-order valence-electron chi connectivity index (χ4n) is 3.11. The lowest BCUT2D eigenvalue weighted by Gasteiger charge is -2.26. The van der Waals surface area contributed by atoms with Gasteiger partial charge in [0.05, 0.1) is 6.61 Å². The van der Waals surface area contributed by atoms with Crippen molar-refractivity contribution in [1.82, 2.24) is 10.2 Å². The third-order valence-electron chi connectivity index (χ3n) is 4.60. The normalized spacial score (nSPS) is 15.5. The molecule has 0 unspecified atom stereocenters. The number of nitrogens with one attached hydrogen (secondary N) is 1. The zero-order chi connectivity index (χ0) is 16.6. The highest BCUT2D eigenvalue weighted by Gasteiger charge is 2.08. The molecule has 0 aromatic carbocycles. The first-order valence-electron chi connectivity index (χ1n) is 9.96. The van der Waals surface area contributed by atoms with E-state index < -0.39 is 0 Å². The second-order valence-corrected chi connectivity index (χ2v) is 6.79. The minimum absolute atomic E-state index is 0.241. The number of rotatable bonds is 13. The van der Waals surface area contributed by atoms with Gasteiger partial charge in [-0.05, 0) is 58.2 Å². The summed E-state index contributed by atoms with van der Waals surface area (Å²) in [5.74, 6) is 0. The third-order valence-corrected chi connectivity index (χ3v) is 4.60. The van der Waals surface area contributed by atoms with E-state index in [1.54, 1.807) is 0 Å². The summed E-state index contributed by atoms with van der Waals surface area (Å²) < 4.78 is 5.22. The van der Waals surface area contributed by atoms with Crippen molar-refractivity contribution < 1.29 is 9.53 Å². The van der Waals surface area contributed by atoms with Crippen LogP contribution in [0.15, 0.2) is 0 Å². The molecule has 0 saturated carbocycles. The fourth-order valence-corrected chi connectivity index (χ4v) is 3.11. The summed E-state index contributed by atoms with van der Waals surface area (Å²) in [6.45, 7) is 7.30. The molecule has 23 heavy (non-hydrogen) atoms. The van der Waals surface area contributed by atoms with Gasteiger partial charge in [-0.25, -0.2) is 4.79 Å². The smallest absolute Gasteiger partial charge is 0.407 e. The average Bonchev–Trinajstić information content (AvgIpc) is 2.58. The van der Waals surface area contributed by atoms with Gasteiger partial charge in [0.1, 0.15) is 0 Å². The van der Waals surface area contributed by atoms with Crippen LogP contribution in [0, 0.1) is 0 Å². The van der Waals surface area contributed by atoms with Crippen molar-refractivity contribution in [2.45, 2.75) is 84.0 Å². The van der Waals surface area contributed by atoms with Crippen LogP contribution in [0.4, 0.5) is 4.79 Å².